The minimum atomic E-state index is 1.36. The van der Waals surface area contributed by atoms with Gasteiger partial charge in [-0.3, -0.25) is 0 Å². The van der Waals surface area contributed by atoms with E-state index in [9.17, 15) is 0 Å². The highest BCUT2D eigenvalue weighted by molar-refractivity contribution is 8.04. The molecule has 0 aliphatic rings. The van der Waals surface area contributed by atoms with Crippen LogP contribution in [0.15, 0.2) is 0 Å². The van der Waals surface area contributed by atoms with E-state index in [1.54, 1.807) is 0 Å². The van der Waals surface area contributed by atoms with Gasteiger partial charge in [-0.1, -0.05) is 65.2 Å². The Labute approximate surface area is 147 Å². The molecule has 0 radical (unpaired) electrons. The normalized spacial score (nSPS) is 11.1. The van der Waals surface area contributed by atoms with Gasteiger partial charge in [0, 0.05) is 23.0 Å². The smallest absolute Gasteiger partial charge is 0.00238 e. The van der Waals surface area contributed by atoms with Gasteiger partial charge in [-0.2, -0.15) is 35.3 Å². The van der Waals surface area contributed by atoms with E-state index in [0.29, 0.717) is 0 Å². The molecule has 0 fully saturated rings. The van der Waals surface area contributed by atoms with Crippen molar-refractivity contribution in [3.8, 4) is 0 Å². The molecule has 0 aromatic rings. The van der Waals surface area contributed by atoms with E-state index < -0.39 is 0 Å². The monoisotopic (exact) mass is 350 g/mol. The molecule has 0 amide bonds. The van der Waals surface area contributed by atoms with E-state index in [4.69, 9.17) is 0 Å². The van der Waals surface area contributed by atoms with Crippen LogP contribution >= 0.6 is 35.3 Å². The first-order valence-corrected chi connectivity index (χ1v) is 12.6. The summed E-state index contributed by atoms with van der Waals surface area (Å²) in [7, 11) is 0. The maximum Gasteiger partial charge on any atom is 0.00238 e. The Hall–Kier alpha value is 1.05. The Morgan fingerprint density at radius 3 is 1.10 bits per heavy atom. The summed E-state index contributed by atoms with van der Waals surface area (Å²) < 4.78 is 0. The van der Waals surface area contributed by atoms with Crippen molar-refractivity contribution < 1.29 is 0 Å². The van der Waals surface area contributed by atoms with Crippen LogP contribution in [0.4, 0.5) is 0 Å². The van der Waals surface area contributed by atoms with Crippen molar-refractivity contribution in [2.45, 2.75) is 78.1 Å². The van der Waals surface area contributed by atoms with Crippen molar-refractivity contribution in [3.05, 3.63) is 0 Å². The van der Waals surface area contributed by atoms with Crippen LogP contribution in [0, 0.1) is 0 Å². The number of unbranched alkanes of at least 4 members (excludes halogenated alkanes) is 8. The Morgan fingerprint density at radius 2 is 0.714 bits per heavy atom. The summed E-state index contributed by atoms with van der Waals surface area (Å²) in [6.45, 7) is 4.58. The SMILES string of the molecule is CCCCCCCSCCSCCSCCCCCCC. The maximum atomic E-state index is 2.29. The summed E-state index contributed by atoms with van der Waals surface area (Å²) >= 11 is 6.48. The molecule has 0 spiro atoms. The molecule has 0 bridgehead atoms. The van der Waals surface area contributed by atoms with Gasteiger partial charge in [0.15, 0.2) is 0 Å². The molecular formula is C18H38S3. The third-order valence-electron chi connectivity index (χ3n) is 3.53. The van der Waals surface area contributed by atoms with Crippen molar-refractivity contribution in [2.24, 2.45) is 0 Å². The van der Waals surface area contributed by atoms with E-state index in [1.807, 2.05) is 0 Å². The van der Waals surface area contributed by atoms with Gasteiger partial charge in [0.25, 0.3) is 0 Å². The van der Waals surface area contributed by atoms with Crippen LogP contribution < -0.4 is 0 Å². The minimum absolute atomic E-state index is 1.36. The number of rotatable bonds is 18. The van der Waals surface area contributed by atoms with Crippen LogP contribution in [0.3, 0.4) is 0 Å². The third-order valence-corrected chi connectivity index (χ3v) is 7.17. The molecule has 0 saturated carbocycles. The Bertz CT molecular complexity index is 156. The molecule has 0 rings (SSSR count). The quantitative estimate of drug-likeness (QED) is 0.241. The van der Waals surface area contributed by atoms with E-state index >= 15 is 0 Å². The first-order chi connectivity index (χ1) is 10.4. The molecule has 0 unspecified atom stereocenters. The van der Waals surface area contributed by atoms with Crippen LogP contribution in [-0.2, 0) is 0 Å². The van der Waals surface area contributed by atoms with Crippen molar-refractivity contribution in [1.82, 2.24) is 0 Å². The molecule has 0 aliphatic carbocycles. The fraction of sp³-hybridized carbons (Fsp3) is 1.00. The molecule has 0 aromatic heterocycles. The van der Waals surface area contributed by atoms with Gasteiger partial charge in [0.2, 0.25) is 0 Å². The molecule has 0 atom stereocenters. The highest BCUT2D eigenvalue weighted by atomic mass is 32.2. The predicted octanol–water partition coefficient (Wildman–Crippen LogP) is 7.13. The molecule has 0 nitrogen and oxygen atoms in total. The van der Waals surface area contributed by atoms with E-state index in [2.05, 4.69) is 49.1 Å². The maximum absolute atomic E-state index is 2.29. The number of hydrogen-bond acceptors (Lipinski definition) is 3. The van der Waals surface area contributed by atoms with Crippen LogP contribution in [0.5, 0.6) is 0 Å². The predicted molar refractivity (Wildman–Crippen MR) is 109 cm³/mol. The zero-order valence-electron chi connectivity index (χ0n) is 14.5. The van der Waals surface area contributed by atoms with Crippen LogP contribution in [0.25, 0.3) is 0 Å². The van der Waals surface area contributed by atoms with Gasteiger partial charge in [-0.25, -0.2) is 0 Å². The Kier molecular flexibility index (Phi) is 22.1. The van der Waals surface area contributed by atoms with Gasteiger partial charge in [-0.15, -0.1) is 0 Å². The van der Waals surface area contributed by atoms with Crippen molar-refractivity contribution in [3.63, 3.8) is 0 Å². The van der Waals surface area contributed by atoms with Crippen molar-refractivity contribution in [2.75, 3.05) is 34.5 Å². The number of thioether (sulfide) groups is 3. The topological polar surface area (TPSA) is 0 Å². The van der Waals surface area contributed by atoms with Crippen molar-refractivity contribution in [1.29, 1.82) is 0 Å². The second-order valence-electron chi connectivity index (χ2n) is 5.67. The summed E-state index contributed by atoms with van der Waals surface area (Å²) in [5, 5.41) is 0. The fourth-order valence-corrected chi connectivity index (χ4v) is 5.47. The standard InChI is InChI=1S/C18H38S3/c1-3-5-7-9-11-13-19-15-17-21-18-16-20-14-12-10-8-6-4-2/h3-18H2,1-2H3. The van der Waals surface area contributed by atoms with Crippen molar-refractivity contribution >= 4 is 35.3 Å². The highest BCUT2D eigenvalue weighted by Gasteiger charge is 1.94. The lowest BCUT2D eigenvalue weighted by Gasteiger charge is -2.03. The van der Waals surface area contributed by atoms with Crippen LogP contribution in [0.1, 0.15) is 78.1 Å². The van der Waals surface area contributed by atoms with E-state index in [0.717, 1.165) is 0 Å². The molecule has 128 valence electrons. The molecule has 0 saturated heterocycles. The molecule has 3 heteroatoms. The third kappa shape index (κ3) is 21.1. The molecule has 21 heavy (non-hydrogen) atoms. The molecular weight excluding hydrogens is 312 g/mol. The summed E-state index contributed by atoms with van der Waals surface area (Å²) in [6, 6.07) is 0. The molecule has 0 aliphatic heterocycles. The molecule has 0 N–H and O–H groups in total. The van der Waals surface area contributed by atoms with Gasteiger partial charge >= 0.3 is 0 Å². The van der Waals surface area contributed by atoms with E-state index in [1.165, 1.54) is 98.7 Å². The van der Waals surface area contributed by atoms with Gasteiger partial charge in [0.05, 0.1) is 0 Å². The van der Waals surface area contributed by atoms with Gasteiger partial charge in [0.1, 0.15) is 0 Å². The van der Waals surface area contributed by atoms with E-state index in [-0.39, 0.29) is 0 Å². The molecule has 0 aromatic carbocycles. The Balaban J connectivity index is 2.90. The Morgan fingerprint density at radius 1 is 0.381 bits per heavy atom. The largest absolute Gasteiger partial charge is 0.161 e. The lowest BCUT2D eigenvalue weighted by atomic mass is 10.2. The van der Waals surface area contributed by atoms with Crippen LogP contribution in [-0.4, -0.2) is 34.5 Å². The minimum Gasteiger partial charge on any atom is -0.161 e. The summed E-state index contributed by atoms with van der Waals surface area (Å²) in [5.74, 6) is 8.21. The second kappa shape index (κ2) is 21.0. The fourth-order valence-electron chi connectivity index (χ4n) is 2.16. The number of hydrogen-bond donors (Lipinski definition) is 0. The lowest BCUT2D eigenvalue weighted by Crippen LogP contribution is -1.92. The summed E-state index contributed by atoms with van der Waals surface area (Å²) in [4.78, 5) is 0. The zero-order valence-corrected chi connectivity index (χ0v) is 17.0. The van der Waals surface area contributed by atoms with Gasteiger partial charge in [-0.05, 0) is 24.3 Å². The first kappa shape index (κ1) is 22.1. The average molecular weight is 351 g/mol. The molecule has 0 heterocycles. The summed E-state index contributed by atoms with van der Waals surface area (Å²) in [5.41, 5.74) is 0. The lowest BCUT2D eigenvalue weighted by molar-refractivity contribution is 0.659. The second-order valence-corrected chi connectivity index (χ2v) is 9.34. The first-order valence-electron chi connectivity index (χ1n) is 9.15. The zero-order chi connectivity index (χ0) is 15.4. The van der Waals surface area contributed by atoms with Crippen LogP contribution in [0.2, 0.25) is 0 Å². The summed E-state index contributed by atoms with van der Waals surface area (Å²) in [6.07, 6.45) is 14.2. The highest BCUT2D eigenvalue weighted by Crippen LogP contribution is 2.14. The van der Waals surface area contributed by atoms with Gasteiger partial charge < -0.3 is 0 Å². The average Bonchev–Trinajstić information content (AvgIpc) is 2.50.